The molecule has 2 aliphatic rings. The van der Waals surface area contributed by atoms with Gasteiger partial charge < -0.3 is 14.9 Å². The number of rotatable bonds is 2. The molecule has 0 saturated carbocycles. The van der Waals surface area contributed by atoms with Gasteiger partial charge in [-0.3, -0.25) is 4.79 Å². The maximum absolute atomic E-state index is 12.6. The average molecular weight is 282 g/mol. The number of amides is 2. The van der Waals surface area contributed by atoms with E-state index >= 15 is 0 Å². The molecule has 2 amide bonds. The van der Waals surface area contributed by atoms with Gasteiger partial charge in [0, 0.05) is 32.6 Å². The Hall–Kier alpha value is -1.26. The van der Waals surface area contributed by atoms with Crippen LogP contribution in [0.4, 0.5) is 4.79 Å². The van der Waals surface area contributed by atoms with Gasteiger partial charge in [0.2, 0.25) is 0 Å². The quantitative estimate of drug-likeness (QED) is 0.846. The van der Waals surface area contributed by atoms with Crippen LogP contribution in [0.15, 0.2) is 0 Å². The molecular weight excluding hydrogens is 256 g/mol. The Bertz CT molecular complexity index is 338. The van der Waals surface area contributed by atoms with Crippen molar-refractivity contribution in [2.45, 2.75) is 51.4 Å². The summed E-state index contributed by atoms with van der Waals surface area (Å²) < 4.78 is 0. The van der Waals surface area contributed by atoms with Gasteiger partial charge in [-0.2, -0.15) is 0 Å². The lowest BCUT2D eigenvalue weighted by molar-refractivity contribution is -0.138. The molecule has 2 rings (SSSR count). The zero-order valence-electron chi connectivity index (χ0n) is 12.2. The number of carboxylic acids is 1. The SMILES string of the molecule is O=C(O)CC1CCCN(C(=O)N2CCCCCCC2)C1. The third-order valence-electron chi connectivity index (χ3n) is 4.38. The van der Waals surface area contributed by atoms with Gasteiger partial charge in [0.25, 0.3) is 0 Å². The molecule has 2 aliphatic heterocycles. The summed E-state index contributed by atoms with van der Waals surface area (Å²) in [6, 6.07) is 0.127. The van der Waals surface area contributed by atoms with Crippen LogP contribution in [0.3, 0.4) is 0 Å². The second-order valence-electron chi connectivity index (χ2n) is 6.09. The molecule has 2 saturated heterocycles. The minimum Gasteiger partial charge on any atom is -0.481 e. The number of piperidine rings is 1. The first-order valence-corrected chi connectivity index (χ1v) is 7.92. The van der Waals surface area contributed by atoms with E-state index in [1.165, 1.54) is 19.3 Å². The minimum absolute atomic E-state index is 0.125. The highest BCUT2D eigenvalue weighted by Gasteiger charge is 2.28. The van der Waals surface area contributed by atoms with Crippen molar-refractivity contribution in [3.63, 3.8) is 0 Å². The zero-order valence-corrected chi connectivity index (χ0v) is 12.2. The number of carboxylic acid groups (broad SMARTS) is 1. The van der Waals surface area contributed by atoms with Crippen LogP contribution >= 0.6 is 0 Å². The fourth-order valence-electron chi connectivity index (χ4n) is 3.29. The number of urea groups is 1. The van der Waals surface area contributed by atoms with Crippen molar-refractivity contribution in [1.82, 2.24) is 9.80 Å². The van der Waals surface area contributed by atoms with Crippen molar-refractivity contribution in [3.8, 4) is 0 Å². The van der Waals surface area contributed by atoms with Gasteiger partial charge in [-0.1, -0.05) is 19.3 Å². The van der Waals surface area contributed by atoms with E-state index in [1.807, 2.05) is 9.80 Å². The van der Waals surface area contributed by atoms with E-state index in [4.69, 9.17) is 5.11 Å². The average Bonchev–Trinajstić information content (AvgIpc) is 2.37. The highest BCUT2D eigenvalue weighted by atomic mass is 16.4. The first-order chi connectivity index (χ1) is 9.66. The summed E-state index contributed by atoms with van der Waals surface area (Å²) in [5.74, 6) is -0.629. The number of carbonyl (C=O) groups excluding carboxylic acids is 1. The maximum Gasteiger partial charge on any atom is 0.320 e. The first-order valence-electron chi connectivity index (χ1n) is 7.92. The Morgan fingerprint density at radius 3 is 2.15 bits per heavy atom. The summed E-state index contributed by atoms with van der Waals surface area (Å²) in [6.07, 6.45) is 7.94. The third kappa shape index (κ3) is 4.39. The molecule has 1 atom stereocenters. The molecule has 2 fully saturated rings. The zero-order chi connectivity index (χ0) is 14.4. The van der Waals surface area contributed by atoms with Crippen LogP contribution < -0.4 is 0 Å². The minimum atomic E-state index is -0.754. The molecule has 0 aromatic rings. The van der Waals surface area contributed by atoms with Gasteiger partial charge in [-0.15, -0.1) is 0 Å². The molecule has 0 aromatic heterocycles. The molecule has 5 nitrogen and oxygen atoms in total. The summed E-state index contributed by atoms with van der Waals surface area (Å²) in [6.45, 7) is 3.12. The van der Waals surface area contributed by atoms with Gasteiger partial charge in [-0.05, 0) is 31.6 Å². The Morgan fingerprint density at radius 2 is 1.50 bits per heavy atom. The maximum atomic E-state index is 12.6. The fraction of sp³-hybridized carbons (Fsp3) is 0.867. The molecule has 5 heteroatoms. The van der Waals surface area contributed by atoms with Gasteiger partial charge in [0.1, 0.15) is 0 Å². The normalized spacial score (nSPS) is 24.9. The molecule has 20 heavy (non-hydrogen) atoms. The smallest absolute Gasteiger partial charge is 0.320 e. The Balaban J connectivity index is 1.88. The monoisotopic (exact) mass is 282 g/mol. The Labute approximate surface area is 120 Å². The fourth-order valence-corrected chi connectivity index (χ4v) is 3.29. The van der Waals surface area contributed by atoms with Crippen molar-refractivity contribution in [3.05, 3.63) is 0 Å². The number of likely N-dealkylation sites (tertiary alicyclic amines) is 2. The van der Waals surface area contributed by atoms with E-state index in [-0.39, 0.29) is 18.4 Å². The van der Waals surface area contributed by atoms with Crippen LogP contribution in [0.25, 0.3) is 0 Å². The molecule has 0 aliphatic carbocycles. The summed E-state index contributed by atoms with van der Waals surface area (Å²) in [7, 11) is 0. The number of hydrogen-bond acceptors (Lipinski definition) is 2. The summed E-state index contributed by atoms with van der Waals surface area (Å²) in [4.78, 5) is 27.2. The van der Waals surface area contributed by atoms with Crippen LogP contribution in [-0.2, 0) is 4.79 Å². The summed E-state index contributed by atoms with van der Waals surface area (Å²) in [5.41, 5.74) is 0. The molecule has 0 aromatic carbocycles. The van der Waals surface area contributed by atoms with Crippen LogP contribution in [0.2, 0.25) is 0 Å². The number of aliphatic carboxylic acids is 1. The second kappa shape index (κ2) is 7.50. The standard InChI is InChI=1S/C15H26N2O3/c18-14(19)11-13-7-6-10-17(12-13)15(20)16-8-4-2-1-3-5-9-16/h13H,1-12H2,(H,18,19). The lowest BCUT2D eigenvalue weighted by atomic mass is 9.95. The summed E-state index contributed by atoms with van der Waals surface area (Å²) >= 11 is 0. The van der Waals surface area contributed by atoms with Gasteiger partial charge in [0.15, 0.2) is 0 Å². The van der Waals surface area contributed by atoms with E-state index in [0.717, 1.165) is 45.3 Å². The largest absolute Gasteiger partial charge is 0.481 e. The number of carbonyl (C=O) groups is 2. The van der Waals surface area contributed by atoms with E-state index in [2.05, 4.69) is 0 Å². The predicted molar refractivity (Wildman–Crippen MR) is 76.6 cm³/mol. The predicted octanol–water partition coefficient (Wildman–Crippen LogP) is 2.56. The highest BCUT2D eigenvalue weighted by Crippen LogP contribution is 2.21. The molecule has 1 N–H and O–H groups in total. The van der Waals surface area contributed by atoms with Gasteiger partial charge in [0.05, 0.1) is 0 Å². The third-order valence-corrected chi connectivity index (χ3v) is 4.38. The number of nitrogens with zero attached hydrogens (tertiary/aromatic N) is 2. The van der Waals surface area contributed by atoms with E-state index in [0.29, 0.717) is 6.54 Å². The van der Waals surface area contributed by atoms with Crippen LogP contribution in [0.5, 0.6) is 0 Å². The highest BCUT2D eigenvalue weighted by molar-refractivity contribution is 5.74. The van der Waals surface area contributed by atoms with Crippen molar-refractivity contribution in [1.29, 1.82) is 0 Å². The second-order valence-corrected chi connectivity index (χ2v) is 6.09. The van der Waals surface area contributed by atoms with Gasteiger partial charge in [-0.25, -0.2) is 4.79 Å². The molecule has 0 spiro atoms. The molecule has 114 valence electrons. The van der Waals surface area contributed by atoms with Crippen LogP contribution in [0, 0.1) is 5.92 Å². The molecular formula is C15H26N2O3. The Morgan fingerprint density at radius 1 is 0.900 bits per heavy atom. The molecule has 0 radical (unpaired) electrons. The topological polar surface area (TPSA) is 60.9 Å². The van der Waals surface area contributed by atoms with Crippen molar-refractivity contribution in [2.24, 2.45) is 5.92 Å². The van der Waals surface area contributed by atoms with Gasteiger partial charge >= 0.3 is 12.0 Å². The van der Waals surface area contributed by atoms with Crippen molar-refractivity contribution < 1.29 is 14.7 Å². The van der Waals surface area contributed by atoms with Crippen molar-refractivity contribution >= 4 is 12.0 Å². The van der Waals surface area contributed by atoms with Crippen molar-refractivity contribution in [2.75, 3.05) is 26.2 Å². The molecule has 2 heterocycles. The van der Waals surface area contributed by atoms with E-state index < -0.39 is 5.97 Å². The van der Waals surface area contributed by atoms with Crippen LogP contribution in [-0.4, -0.2) is 53.1 Å². The Kier molecular flexibility index (Phi) is 5.68. The lowest BCUT2D eigenvalue weighted by Crippen LogP contribution is -2.48. The summed E-state index contributed by atoms with van der Waals surface area (Å²) in [5, 5.41) is 8.89. The van der Waals surface area contributed by atoms with E-state index in [1.54, 1.807) is 0 Å². The number of hydrogen-bond donors (Lipinski definition) is 1. The van der Waals surface area contributed by atoms with Crippen LogP contribution in [0.1, 0.15) is 51.4 Å². The molecule has 1 unspecified atom stereocenters. The molecule has 0 bridgehead atoms. The first kappa shape index (κ1) is 15.1. The lowest BCUT2D eigenvalue weighted by Gasteiger charge is -2.36. The van der Waals surface area contributed by atoms with E-state index in [9.17, 15) is 9.59 Å².